The van der Waals surface area contributed by atoms with Crippen molar-refractivity contribution < 1.29 is 0 Å². The van der Waals surface area contributed by atoms with Gasteiger partial charge in [-0.3, -0.25) is 0 Å². The molecule has 0 saturated carbocycles. The number of hydrogen-bond acceptors (Lipinski definition) is 3. The van der Waals surface area contributed by atoms with Crippen molar-refractivity contribution in [2.75, 3.05) is 18.4 Å². The van der Waals surface area contributed by atoms with Crippen LogP contribution in [0.3, 0.4) is 0 Å². The molecule has 0 spiro atoms. The van der Waals surface area contributed by atoms with E-state index in [4.69, 9.17) is 0 Å². The Morgan fingerprint density at radius 1 is 1.38 bits per heavy atom. The predicted molar refractivity (Wildman–Crippen MR) is 71.3 cm³/mol. The second kappa shape index (κ2) is 4.44. The van der Waals surface area contributed by atoms with Crippen molar-refractivity contribution in [1.29, 1.82) is 0 Å². The van der Waals surface area contributed by atoms with Gasteiger partial charge in [-0.2, -0.15) is 0 Å². The quantitative estimate of drug-likeness (QED) is 0.850. The second-order valence-electron chi connectivity index (χ2n) is 4.32. The van der Waals surface area contributed by atoms with Gasteiger partial charge in [0.15, 0.2) is 0 Å². The van der Waals surface area contributed by atoms with Crippen molar-refractivity contribution in [3.63, 3.8) is 0 Å². The molecule has 2 nitrogen and oxygen atoms in total. The van der Waals surface area contributed by atoms with Crippen LogP contribution in [0.5, 0.6) is 0 Å². The molecule has 1 unspecified atom stereocenters. The van der Waals surface area contributed by atoms with E-state index in [1.165, 1.54) is 35.2 Å². The third-order valence-corrected chi connectivity index (χ3v) is 4.15. The molecule has 16 heavy (non-hydrogen) atoms. The van der Waals surface area contributed by atoms with Crippen LogP contribution in [0.15, 0.2) is 29.6 Å². The van der Waals surface area contributed by atoms with Gasteiger partial charge in [0.05, 0.1) is 5.69 Å². The van der Waals surface area contributed by atoms with Crippen molar-refractivity contribution in [2.45, 2.75) is 18.9 Å². The fourth-order valence-corrected chi connectivity index (χ4v) is 3.20. The number of nitrogens with one attached hydrogen (secondary N) is 2. The van der Waals surface area contributed by atoms with Gasteiger partial charge in [-0.05, 0) is 25.5 Å². The molecule has 84 valence electrons. The summed E-state index contributed by atoms with van der Waals surface area (Å²) >= 11 is 1.81. The van der Waals surface area contributed by atoms with Crippen LogP contribution in [0.4, 0.5) is 5.69 Å². The van der Waals surface area contributed by atoms with Gasteiger partial charge in [0, 0.05) is 28.1 Å². The lowest BCUT2D eigenvalue weighted by Gasteiger charge is -2.11. The van der Waals surface area contributed by atoms with E-state index in [0.29, 0.717) is 6.04 Å². The van der Waals surface area contributed by atoms with Crippen LogP contribution in [-0.4, -0.2) is 19.1 Å². The molecule has 2 N–H and O–H groups in total. The monoisotopic (exact) mass is 232 g/mol. The molecular weight excluding hydrogens is 216 g/mol. The largest absolute Gasteiger partial charge is 0.382 e. The molecule has 1 aromatic heterocycles. The molecule has 0 bridgehead atoms. The standard InChI is InChI=1S/C13H16N2S/c1-2-6-13-11(5-1)12(9-16-13)15-8-10-4-3-7-14-10/h1-2,5-6,9-10,14-15H,3-4,7-8H2. The summed E-state index contributed by atoms with van der Waals surface area (Å²) in [5.41, 5.74) is 1.29. The van der Waals surface area contributed by atoms with Crippen LogP contribution in [0.25, 0.3) is 10.1 Å². The van der Waals surface area contributed by atoms with Crippen molar-refractivity contribution in [3.8, 4) is 0 Å². The fraction of sp³-hybridized carbons (Fsp3) is 0.385. The molecule has 2 heterocycles. The highest BCUT2D eigenvalue weighted by Crippen LogP contribution is 2.29. The smallest absolute Gasteiger partial charge is 0.0529 e. The van der Waals surface area contributed by atoms with E-state index in [1.807, 2.05) is 11.3 Å². The number of hydrogen-bond donors (Lipinski definition) is 2. The molecular formula is C13H16N2S. The minimum Gasteiger partial charge on any atom is -0.382 e. The molecule has 3 rings (SSSR count). The predicted octanol–water partition coefficient (Wildman–Crippen LogP) is 3.07. The van der Waals surface area contributed by atoms with Crippen LogP contribution in [0.1, 0.15) is 12.8 Å². The molecule has 1 saturated heterocycles. The van der Waals surface area contributed by atoms with Crippen molar-refractivity contribution in [3.05, 3.63) is 29.6 Å². The van der Waals surface area contributed by atoms with E-state index in [-0.39, 0.29) is 0 Å². The number of rotatable bonds is 3. The lowest BCUT2D eigenvalue weighted by atomic mass is 10.2. The summed E-state index contributed by atoms with van der Waals surface area (Å²) in [6.07, 6.45) is 2.62. The summed E-state index contributed by atoms with van der Waals surface area (Å²) in [5, 5.41) is 10.6. The first kappa shape index (κ1) is 10.1. The van der Waals surface area contributed by atoms with E-state index in [0.717, 1.165) is 6.54 Å². The molecule has 1 atom stereocenters. The lowest BCUT2D eigenvalue weighted by Crippen LogP contribution is -2.29. The van der Waals surface area contributed by atoms with Gasteiger partial charge in [-0.25, -0.2) is 0 Å². The number of thiophene rings is 1. The maximum atomic E-state index is 3.56. The van der Waals surface area contributed by atoms with Crippen LogP contribution < -0.4 is 10.6 Å². The fourth-order valence-electron chi connectivity index (χ4n) is 2.28. The van der Waals surface area contributed by atoms with Crippen LogP contribution in [0.2, 0.25) is 0 Å². The van der Waals surface area contributed by atoms with Gasteiger partial charge >= 0.3 is 0 Å². The first-order valence-corrected chi connectivity index (χ1v) is 6.75. The zero-order chi connectivity index (χ0) is 10.8. The molecule has 1 aromatic carbocycles. The van der Waals surface area contributed by atoms with Crippen molar-refractivity contribution >= 4 is 27.1 Å². The molecule has 0 radical (unpaired) electrons. The minimum atomic E-state index is 0.652. The van der Waals surface area contributed by atoms with Gasteiger partial charge in [-0.15, -0.1) is 11.3 Å². The minimum absolute atomic E-state index is 0.652. The maximum Gasteiger partial charge on any atom is 0.0529 e. The van der Waals surface area contributed by atoms with Crippen LogP contribution in [0, 0.1) is 0 Å². The average molecular weight is 232 g/mol. The van der Waals surface area contributed by atoms with E-state index in [1.54, 1.807) is 0 Å². The van der Waals surface area contributed by atoms with Gasteiger partial charge in [0.2, 0.25) is 0 Å². The number of fused-ring (bicyclic) bond motifs is 1. The summed E-state index contributed by atoms with van der Waals surface area (Å²) < 4.78 is 1.37. The van der Waals surface area contributed by atoms with Crippen LogP contribution >= 0.6 is 11.3 Å². The lowest BCUT2D eigenvalue weighted by molar-refractivity contribution is 0.634. The topological polar surface area (TPSA) is 24.1 Å². The van der Waals surface area contributed by atoms with Crippen molar-refractivity contribution in [2.24, 2.45) is 0 Å². The van der Waals surface area contributed by atoms with E-state index in [9.17, 15) is 0 Å². The summed E-state index contributed by atoms with van der Waals surface area (Å²) in [6.45, 7) is 2.22. The first-order valence-electron chi connectivity index (χ1n) is 5.87. The zero-order valence-corrected chi connectivity index (χ0v) is 10.0. The molecule has 1 fully saturated rings. The van der Waals surface area contributed by atoms with Gasteiger partial charge in [0.25, 0.3) is 0 Å². The summed E-state index contributed by atoms with van der Waals surface area (Å²) in [4.78, 5) is 0. The summed E-state index contributed by atoms with van der Waals surface area (Å²) in [6, 6.07) is 9.23. The highest BCUT2D eigenvalue weighted by atomic mass is 32.1. The number of anilines is 1. The Bertz CT molecular complexity index is 471. The molecule has 3 heteroatoms. The Morgan fingerprint density at radius 2 is 2.31 bits per heavy atom. The Labute approximate surface area is 99.7 Å². The Balaban J connectivity index is 1.73. The molecule has 2 aromatic rings. The van der Waals surface area contributed by atoms with E-state index < -0.39 is 0 Å². The highest BCUT2D eigenvalue weighted by molar-refractivity contribution is 7.17. The average Bonchev–Trinajstić information content (AvgIpc) is 2.96. The Kier molecular flexibility index (Phi) is 2.80. The zero-order valence-electron chi connectivity index (χ0n) is 9.20. The highest BCUT2D eigenvalue weighted by Gasteiger charge is 2.13. The third-order valence-electron chi connectivity index (χ3n) is 3.18. The molecule has 1 aliphatic heterocycles. The summed E-state index contributed by atoms with van der Waals surface area (Å²) in [7, 11) is 0. The third kappa shape index (κ3) is 1.93. The van der Waals surface area contributed by atoms with Crippen LogP contribution in [-0.2, 0) is 0 Å². The number of benzene rings is 1. The summed E-state index contributed by atoms with van der Waals surface area (Å²) in [5.74, 6) is 0. The SMILES string of the molecule is c1ccc2c(NCC3CCCN3)csc2c1. The van der Waals surface area contributed by atoms with Gasteiger partial charge in [-0.1, -0.05) is 18.2 Å². The van der Waals surface area contributed by atoms with E-state index in [2.05, 4.69) is 40.3 Å². The molecule has 1 aliphatic rings. The van der Waals surface area contributed by atoms with E-state index >= 15 is 0 Å². The Morgan fingerprint density at radius 3 is 3.19 bits per heavy atom. The molecule has 0 amide bonds. The van der Waals surface area contributed by atoms with Gasteiger partial charge in [0.1, 0.15) is 0 Å². The van der Waals surface area contributed by atoms with Crippen molar-refractivity contribution in [1.82, 2.24) is 5.32 Å². The van der Waals surface area contributed by atoms with Gasteiger partial charge < -0.3 is 10.6 Å². The molecule has 0 aliphatic carbocycles. The first-order chi connectivity index (χ1) is 7.93. The second-order valence-corrected chi connectivity index (χ2v) is 5.23. The maximum absolute atomic E-state index is 3.56. The Hall–Kier alpha value is -1.06. The normalized spacial score (nSPS) is 20.4.